The fraction of sp³-hybridized carbons (Fsp3) is 0.273. The van der Waals surface area contributed by atoms with E-state index in [1.54, 1.807) is 0 Å². The number of carbonyl (C=O) groups is 2. The predicted molar refractivity (Wildman–Crippen MR) is 64.3 cm³/mol. The molecule has 1 aromatic rings. The van der Waals surface area contributed by atoms with Gasteiger partial charge in [-0.25, -0.2) is 0 Å². The van der Waals surface area contributed by atoms with Gasteiger partial charge in [-0.05, 0) is 0 Å². The van der Waals surface area contributed by atoms with Crippen LogP contribution in [0.1, 0.15) is 16.8 Å². The predicted octanol–water partition coefficient (Wildman–Crippen LogP) is 0.670. The number of carbonyl (C=O) groups excluding carboxylic acids is 2. The van der Waals surface area contributed by atoms with Crippen LogP contribution in [-0.2, 0) is 4.79 Å². The molecule has 0 unspecified atom stereocenters. The molecule has 0 aliphatic carbocycles. The number of aldehydes is 1. The zero-order valence-electron chi connectivity index (χ0n) is 10.1. The van der Waals surface area contributed by atoms with Gasteiger partial charge in [0, 0.05) is 6.07 Å². The maximum Gasteiger partial charge on any atom is 0.283 e. The van der Waals surface area contributed by atoms with Crippen LogP contribution in [0.3, 0.4) is 0 Å². The molecule has 0 saturated carbocycles. The van der Waals surface area contributed by atoms with E-state index in [4.69, 9.17) is 15.2 Å². The number of nitrogens with zero attached hydrogens (tertiary/aromatic N) is 1. The molecule has 0 fully saturated rings. The second-order valence-corrected chi connectivity index (χ2v) is 3.50. The van der Waals surface area contributed by atoms with E-state index in [1.807, 2.05) is 0 Å². The zero-order valence-corrected chi connectivity index (χ0v) is 10.1. The highest BCUT2D eigenvalue weighted by Crippen LogP contribution is 2.33. The number of rotatable bonds is 7. The quantitative estimate of drug-likeness (QED) is 0.440. The first-order valence-electron chi connectivity index (χ1n) is 5.22. The third kappa shape index (κ3) is 3.66. The highest BCUT2D eigenvalue weighted by atomic mass is 16.6. The number of nitrogens with two attached hydrogens (primary N) is 1. The van der Waals surface area contributed by atoms with E-state index < -0.39 is 16.5 Å². The molecule has 1 amide bonds. The Balaban J connectivity index is 3.07. The average molecular weight is 268 g/mol. The lowest BCUT2D eigenvalue weighted by Gasteiger charge is -2.10. The minimum Gasteiger partial charge on any atom is -0.493 e. The molecule has 0 heterocycles. The molecule has 8 heteroatoms. The average Bonchev–Trinajstić information content (AvgIpc) is 2.37. The molecule has 1 rings (SSSR count). The van der Waals surface area contributed by atoms with E-state index >= 15 is 0 Å². The summed E-state index contributed by atoms with van der Waals surface area (Å²) in [6.07, 6.45) is 0.320. The smallest absolute Gasteiger partial charge is 0.283 e. The van der Waals surface area contributed by atoms with Crippen LogP contribution in [0.15, 0.2) is 12.1 Å². The number of primary amides is 1. The van der Waals surface area contributed by atoms with Crippen molar-refractivity contribution in [2.24, 2.45) is 5.73 Å². The summed E-state index contributed by atoms with van der Waals surface area (Å²) < 4.78 is 10.1. The zero-order chi connectivity index (χ0) is 14.4. The first kappa shape index (κ1) is 14.4. The summed E-state index contributed by atoms with van der Waals surface area (Å²) in [5.41, 5.74) is 4.43. The molecule has 0 aliphatic heterocycles. The molecule has 0 aromatic heterocycles. The first-order valence-corrected chi connectivity index (χ1v) is 5.22. The fourth-order valence-electron chi connectivity index (χ4n) is 1.35. The summed E-state index contributed by atoms with van der Waals surface area (Å²) in [7, 11) is 1.33. The normalized spacial score (nSPS) is 9.74. The second kappa shape index (κ2) is 6.34. The van der Waals surface area contributed by atoms with E-state index in [1.165, 1.54) is 13.2 Å². The van der Waals surface area contributed by atoms with E-state index in [-0.39, 0.29) is 30.1 Å². The summed E-state index contributed by atoms with van der Waals surface area (Å²) in [4.78, 5) is 31.4. The Kier molecular flexibility index (Phi) is 4.81. The van der Waals surface area contributed by atoms with Gasteiger partial charge in [0.15, 0.2) is 17.8 Å². The van der Waals surface area contributed by atoms with Crippen LogP contribution < -0.4 is 15.2 Å². The molecular weight excluding hydrogens is 256 g/mol. The molecule has 1 aromatic carbocycles. The van der Waals surface area contributed by atoms with Gasteiger partial charge in [-0.2, -0.15) is 0 Å². The summed E-state index contributed by atoms with van der Waals surface area (Å²) in [5, 5.41) is 10.8. The van der Waals surface area contributed by atoms with Crippen LogP contribution in [0.25, 0.3) is 0 Å². The van der Waals surface area contributed by atoms with Gasteiger partial charge in [0.05, 0.1) is 36.7 Å². The second-order valence-electron chi connectivity index (χ2n) is 3.50. The van der Waals surface area contributed by atoms with Gasteiger partial charge >= 0.3 is 0 Å². The number of hydrogen-bond acceptors (Lipinski definition) is 6. The number of amides is 1. The molecule has 2 N–H and O–H groups in total. The van der Waals surface area contributed by atoms with Crippen molar-refractivity contribution in [3.05, 3.63) is 27.8 Å². The monoisotopic (exact) mass is 268 g/mol. The Labute approximate surface area is 108 Å². The number of hydrogen-bond donors (Lipinski definition) is 1. The third-order valence-electron chi connectivity index (χ3n) is 2.24. The van der Waals surface area contributed by atoms with Gasteiger partial charge in [-0.15, -0.1) is 0 Å². The van der Waals surface area contributed by atoms with Gasteiger partial charge in [-0.3, -0.25) is 19.7 Å². The standard InChI is InChI=1S/C11H12N2O6/c1-18-9-4-7(6-14)8(13(16)17)5-10(9)19-3-2-11(12)15/h4-6H,2-3H2,1H3,(H2,12,15). The van der Waals surface area contributed by atoms with Crippen molar-refractivity contribution in [2.75, 3.05) is 13.7 Å². The van der Waals surface area contributed by atoms with Crippen molar-refractivity contribution >= 4 is 17.9 Å². The van der Waals surface area contributed by atoms with Gasteiger partial charge in [-0.1, -0.05) is 0 Å². The maximum atomic E-state index is 10.8. The van der Waals surface area contributed by atoms with E-state index in [2.05, 4.69) is 0 Å². The molecule has 0 aliphatic rings. The minimum absolute atomic E-state index is 0.0353. The minimum atomic E-state index is -0.704. The van der Waals surface area contributed by atoms with Crippen molar-refractivity contribution in [2.45, 2.75) is 6.42 Å². The number of methoxy groups -OCH3 is 1. The van der Waals surface area contributed by atoms with Crippen LogP contribution in [0.5, 0.6) is 11.5 Å². The molecule has 0 saturated heterocycles. The summed E-state index contributed by atoms with van der Waals surface area (Å²) in [6.45, 7) is -0.0384. The van der Waals surface area contributed by atoms with Crippen molar-refractivity contribution in [1.82, 2.24) is 0 Å². The molecule has 8 nitrogen and oxygen atoms in total. The number of nitro benzene ring substituents is 1. The largest absolute Gasteiger partial charge is 0.493 e. The van der Waals surface area contributed by atoms with Crippen molar-refractivity contribution in [3.8, 4) is 11.5 Å². The van der Waals surface area contributed by atoms with E-state index in [0.29, 0.717) is 6.29 Å². The lowest BCUT2D eigenvalue weighted by Crippen LogP contribution is -2.14. The van der Waals surface area contributed by atoms with E-state index in [9.17, 15) is 19.7 Å². The summed E-state index contributed by atoms with van der Waals surface area (Å²) >= 11 is 0. The number of benzene rings is 1. The highest BCUT2D eigenvalue weighted by molar-refractivity contribution is 5.83. The van der Waals surface area contributed by atoms with Crippen molar-refractivity contribution in [1.29, 1.82) is 0 Å². The van der Waals surface area contributed by atoms with Gasteiger partial charge in [0.1, 0.15) is 0 Å². The SMILES string of the molecule is COc1cc(C=O)c([N+](=O)[O-])cc1OCCC(N)=O. The highest BCUT2D eigenvalue weighted by Gasteiger charge is 2.19. The Bertz CT molecular complexity index is 514. The molecule has 0 spiro atoms. The third-order valence-corrected chi connectivity index (χ3v) is 2.24. The van der Waals surface area contributed by atoms with Crippen LogP contribution >= 0.6 is 0 Å². The molecule has 0 atom stereocenters. The maximum absolute atomic E-state index is 10.8. The summed E-state index contributed by atoms with van der Waals surface area (Å²) in [5.74, 6) is -0.323. The lowest BCUT2D eigenvalue weighted by atomic mass is 10.1. The molecule has 19 heavy (non-hydrogen) atoms. The Morgan fingerprint density at radius 2 is 2.16 bits per heavy atom. The van der Waals surface area contributed by atoms with Gasteiger partial charge in [0.25, 0.3) is 5.69 Å². The Morgan fingerprint density at radius 1 is 1.47 bits per heavy atom. The van der Waals surface area contributed by atoms with Crippen molar-refractivity contribution in [3.63, 3.8) is 0 Å². The number of ether oxygens (including phenoxy) is 2. The van der Waals surface area contributed by atoms with Gasteiger partial charge in [0.2, 0.25) is 5.91 Å². The van der Waals surface area contributed by atoms with Crippen LogP contribution in [-0.4, -0.2) is 30.8 Å². The van der Waals surface area contributed by atoms with Crippen LogP contribution in [0.4, 0.5) is 5.69 Å². The fourth-order valence-corrected chi connectivity index (χ4v) is 1.35. The van der Waals surface area contributed by atoms with Gasteiger partial charge < -0.3 is 15.2 Å². The molecule has 0 bridgehead atoms. The molecular formula is C11H12N2O6. The topological polar surface area (TPSA) is 122 Å². The Hall–Kier alpha value is -2.64. The summed E-state index contributed by atoms with van der Waals surface area (Å²) in [6, 6.07) is 2.27. The molecule has 0 radical (unpaired) electrons. The Morgan fingerprint density at radius 3 is 2.63 bits per heavy atom. The van der Waals surface area contributed by atoms with Crippen molar-refractivity contribution < 1.29 is 24.0 Å². The van der Waals surface area contributed by atoms with Crippen LogP contribution in [0.2, 0.25) is 0 Å². The van der Waals surface area contributed by atoms with E-state index in [0.717, 1.165) is 6.07 Å². The molecule has 102 valence electrons. The number of nitro groups is 1. The van der Waals surface area contributed by atoms with Crippen LogP contribution in [0, 0.1) is 10.1 Å². The first-order chi connectivity index (χ1) is 8.99. The lowest BCUT2D eigenvalue weighted by molar-refractivity contribution is -0.385.